The standard InChI is InChI=1S/C94H125N19O17S/c1-56-14-9-8-10-15-57(2)75(124-6)46-68-16-13-26-94(123,130-68)84(119)88(121)112-27-12-11-17-71(112)89(122)127-76(47-72(114)58(3)41-60(5)82(117)83(118)81(116)59(4)40-56)69(95)43-61-19-22-74(77(44-61)125-7)129-93(131)102-50-63-48-98-91(99-49-63)110-35-33-108(34-36-110)78(115)25-38-126-39-37-107-29-31-109(32-30-107)92-100-51-67(52-101-92)87(120)111-28-24-64-42-62(18-20-66(64)54-111)53-113-86-79(85(96)103-55-104-86)80(106-113)65-21-23-73-70(45-65)105-90(97)128-73/h8-10,14-15,18,20-21,23,41-42,45,48-49,51-52,55-56,58-59,61,68-69,71-72,74-77,82-83,114,117-118,123H,11-13,16-17,19,22,24-40,43-44,46-47,50,53-54,95H2,1-7H3,(H2,97,105)(H,102,131)(H2,96,103,104)/b10-8?,14-9+,57-15?,60-41+/t56-,58-,59-,61+,68+,69-,71+,72-,74-,75+,76+,77-,82-,83+,94-/m1/s1. The van der Waals surface area contributed by atoms with Crippen LogP contribution in [0.15, 0.2) is 120 Å². The fraction of sp³-hybridized carbons (Fsp3) is 0.564. The number of Topliss-reactive ketones (excluding diaryl/α,β-unsaturated/α-hetero) is 2. The van der Waals surface area contributed by atoms with Crippen LogP contribution >= 0.6 is 12.2 Å². The molecule has 4 saturated heterocycles. The summed E-state index contributed by atoms with van der Waals surface area (Å²) in [6, 6.07) is 9.79. The number of fused-ring (bicyclic) bond motifs is 6. The van der Waals surface area contributed by atoms with Crippen molar-refractivity contribution in [3.8, 4) is 11.3 Å². The Kier molecular flexibility index (Phi) is 32.5. The smallest absolute Gasteiger partial charge is 0.329 e. The molecule has 1 aliphatic carbocycles. The number of amides is 3. The third-order valence-electron chi connectivity index (χ3n) is 26.6. The number of carbonyl (C=O) groups is 6. The molecule has 37 heteroatoms. The van der Waals surface area contributed by atoms with Gasteiger partial charge >= 0.3 is 5.97 Å². The van der Waals surface area contributed by atoms with E-state index < -0.39 is 102 Å². The molecule has 0 unspecified atom stereocenters. The number of nitrogen functional groups attached to an aromatic ring is 2. The average Bonchev–Trinajstić information content (AvgIpc) is 1.63. The van der Waals surface area contributed by atoms with E-state index in [9.17, 15) is 49.2 Å². The van der Waals surface area contributed by atoms with Gasteiger partial charge in [-0.15, -0.1) is 0 Å². The van der Waals surface area contributed by atoms with Crippen LogP contribution in [0.2, 0.25) is 0 Å². The molecular weight excluding hydrogens is 1700 g/mol. The van der Waals surface area contributed by atoms with Crippen molar-refractivity contribution in [1.82, 2.24) is 69.6 Å². The van der Waals surface area contributed by atoms with E-state index in [1.165, 1.54) is 6.33 Å². The zero-order valence-corrected chi connectivity index (χ0v) is 76.6. The minimum atomic E-state index is -2.46. The second-order valence-electron chi connectivity index (χ2n) is 36.0. The first-order valence-electron chi connectivity index (χ1n) is 45.8. The number of allylic oxidation sites excluding steroid dienone is 5. The van der Waals surface area contributed by atoms with Crippen LogP contribution in [0.1, 0.15) is 157 Å². The Morgan fingerprint density at radius 1 is 0.740 bits per heavy atom. The van der Waals surface area contributed by atoms with Gasteiger partial charge in [-0.05, 0) is 155 Å². The summed E-state index contributed by atoms with van der Waals surface area (Å²) >= 11 is 5.72. The van der Waals surface area contributed by atoms with Crippen molar-refractivity contribution in [3.05, 3.63) is 143 Å². The summed E-state index contributed by atoms with van der Waals surface area (Å²) in [5.74, 6) is -6.23. The van der Waals surface area contributed by atoms with Gasteiger partial charge in [0.25, 0.3) is 28.8 Å². The minimum Gasteiger partial charge on any atom is -0.465 e. The van der Waals surface area contributed by atoms with Crippen molar-refractivity contribution in [1.29, 1.82) is 0 Å². The molecule has 6 aliphatic heterocycles. The number of cyclic esters (lactones) is 1. The van der Waals surface area contributed by atoms with Gasteiger partial charge in [-0.2, -0.15) is 10.1 Å². The number of methoxy groups -OCH3 is 2. The molecule has 36 nitrogen and oxygen atoms in total. The number of aliphatic hydroxyl groups excluding tert-OH is 3. The number of hydrogen-bond donors (Lipinski definition) is 8. The van der Waals surface area contributed by atoms with Gasteiger partial charge < -0.3 is 100 Å². The highest BCUT2D eigenvalue weighted by molar-refractivity contribution is 7.80. The summed E-state index contributed by atoms with van der Waals surface area (Å²) in [5.41, 5.74) is 28.1. The molecule has 5 fully saturated rings. The lowest BCUT2D eigenvalue weighted by Crippen LogP contribution is -2.58. The van der Waals surface area contributed by atoms with Crippen LogP contribution in [-0.2, 0) is 78.4 Å². The van der Waals surface area contributed by atoms with E-state index in [4.69, 9.17) is 67.4 Å². The van der Waals surface area contributed by atoms with Gasteiger partial charge in [0.1, 0.15) is 53.8 Å². The number of ether oxygens (including phenoxy) is 6. The van der Waals surface area contributed by atoms with Crippen molar-refractivity contribution in [2.24, 2.45) is 29.4 Å². The first kappa shape index (κ1) is 96.3. The molecule has 5 aromatic heterocycles. The third-order valence-corrected chi connectivity index (χ3v) is 26.9. The minimum absolute atomic E-state index is 0.0264. The molecule has 15 atom stereocenters. The maximum atomic E-state index is 14.7. The van der Waals surface area contributed by atoms with Gasteiger partial charge in [-0.25, -0.2) is 39.4 Å². The van der Waals surface area contributed by atoms with E-state index in [2.05, 4.69) is 68.2 Å². The first-order valence-corrected chi connectivity index (χ1v) is 46.2. The number of piperazine rings is 2. The van der Waals surface area contributed by atoms with Gasteiger partial charge in [-0.3, -0.25) is 28.9 Å². The van der Waals surface area contributed by atoms with Crippen molar-refractivity contribution in [3.63, 3.8) is 0 Å². The van der Waals surface area contributed by atoms with E-state index in [1.54, 1.807) is 71.9 Å². The molecule has 1 saturated carbocycles. The summed E-state index contributed by atoms with van der Waals surface area (Å²) in [5, 5.41) is 55.5. The summed E-state index contributed by atoms with van der Waals surface area (Å²) in [6.45, 7) is 17.2. The Hall–Kier alpha value is -10.7. The van der Waals surface area contributed by atoms with Gasteiger partial charge in [0.15, 0.2) is 17.0 Å². The summed E-state index contributed by atoms with van der Waals surface area (Å²) in [7, 11) is 3.15. The van der Waals surface area contributed by atoms with E-state index in [0.717, 1.165) is 51.4 Å². The number of esters is 1. The quantitative estimate of drug-likeness (QED) is 0.0130. The van der Waals surface area contributed by atoms with Gasteiger partial charge in [0.2, 0.25) is 23.6 Å². The Balaban J connectivity index is 0.493. The number of carbonyl (C=O) groups excluding carboxylic acids is 6. The molecular formula is C94H125N19O17S. The maximum absolute atomic E-state index is 14.7. The molecule has 2 aromatic carbocycles. The molecule has 704 valence electrons. The highest BCUT2D eigenvalue weighted by Gasteiger charge is 2.50. The number of nitrogens with one attached hydrogen (secondary N) is 1. The van der Waals surface area contributed by atoms with E-state index in [0.29, 0.717) is 194 Å². The Morgan fingerprint density at radius 3 is 2.24 bits per heavy atom. The van der Waals surface area contributed by atoms with Crippen molar-refractivity contribution >= 4 is 98.5 Å². The molecule has 11 heterocycles. The van der Waals surface area contributed by atoms with Crippen LogP contribution in [0.25, 0.3) is 33.4 Å². The fourth-order valence-corrected chi connectivity index (χ4v) is 19.1. The zero-order valence-electron chi connectivity index (χ0n) is 75.8. The number of aliphatic hydroxyl groups is 4. The number of nitrogens with zero attached hydrogens (tertiary/aromatic N) is 15. The number of nitrogens with two attached hydrogens (primary N) is 3. The number of thiocarbonyl (C=S) groups is 1. The van der Waals surface area contributed by atoms with Crippen LogP contribution in [-0.4, -0.2) is 291 Å². The highest BCUT2D eigenvalue weighted by atomic mass is 32.1. The Labute approximate surface area is 767 Å². The number of benzene rings is 2. The number of hydrogen-bond acceptors (Lipinski definition) is 32. The summed E-state index contributed by atoms with van der Waals surface area (Å²) in [4.78, 5) is 127. The van der Waals surface area contributed by atoms with Crippen LogP contribution in [0.5, 0.6) is 0 Å². The molecule has 3 amide bonds. The zero-order chi connectivity index (χ0) is 92.7. The molecule has 131 heavy (non-hydrogen) atoms. The number of rotatable bonds is 20. The number of ketones is 2. The first-order chi connectivity index (χ1) is 63.1. The number of piperidine rings is 1. The lowest BCUT2D eigenvalue weighted by Gasteiger charge is -2.40. The second-order valence-corrected chi connectivity index (χ2v) is 36.4. The van der Waals surface area contributed by atoms with Crippen LogP contribution in [0.4, 0.5) is 23.7 Å². The van der Waals surface area contributed by atoms with Gasteiger partial charge in [0, 0.05) is 172 Å². The van der Waals surface area contributed by atoms with E-state index in [-0.39, 0.29) is 85.6 Å². The van der Waals surface area contributed by atoms with Crippen LogP contribution in [0.3, 0.4) is 0 Å². The lowest BCUT2D eigenvalue weighted by atomic mass is 9.80. The SMILES string of the molecule is CO[C@H]1C[C@@H]2CCC[C@@](O)(O2)C(=O)C(=O)N2CCCC[C@H]2C(=O)O[C@H]([C@H](N)C[C@@H]2CC[C@@H](OC(=S)NCc3cnc(N4CCN(C(=O)CCOCCN5CCN(c6ncc(C(=O)N7CCc8cc(Cn9nc(-c%10ccc%11oc(N)nc%11c%10)c%10c(N)ncnc%109)ccc8C7)cn6)CC5)CC4)nc3)[C@H](OC)C2)C[C@@H](O)[C@H](C)/C=C(\C)[C@@H](O)[C@@H](O)C(=O)[C@H](C)C[C@H](C)/C=C/C=CC=C1C. The highest BCUT2D eigenvalue weighted by Crippen LogP contribution is 2.38. The molecule has 14 rings (SSSR count). The lowest BCUT2D eigenvalue weighted by molar-refractivity contribution is -0.245. The predicted octanol–water partition coefficient (Wildman–Crippen LogP) is 6.68. The number of aromatic nitrogens is 9. The third kappa shape index (κ3) is 24.0. The largest absolute Gasteiger partial charge is 0.465 e. The molecule has 7 aliphatic rings. The molecule has 7 aromatic rings. The van der Waals surface area contributed by atoms with Gasteiger partial charge in [0.05, 0.1) is 61.5 Å². The average molecular weight is 1830 g/mol. The molecule has 11 N–H and O–H groups in total. The second kappa shape index (κ2) is 44.2. The number of anilines is 4. The topological polar surface area (TPSA) is 469 Å². The Morgan fingerprint density at radius 2 is 1.49 bits per heavy atom. The van der Waals surface area contributed by atoms with E-state index in [1.807, 2.05) is 75.7 Å². The van der Waals surface area contributed by atoms with Crippen molar-refractivity contribution < 1.29 is 82.0 Å². The van der Waals surface area contributed by atoms with Crippen LogP contribution < -0.4 is 32.3 Å². The molecule has 2 bridgehead atoms. The molecule has 0 spiro atoms. The predicted molar refractivity (Wildman–Crippen MR) is 492 cm³/mol. The maximum Gasteiger partial charge on any atom is 0.329 e. The summed E-state index contributed by atoms with van der Waals surface area (Å²) in [6.07, 6.45) is 16.6. The Bertz CT molecular complexity index is 5290. The normalized spacial score (nSPS) is 27.4. The number of oxazole rings is 1. The van der Waals surface area contributed by atoms with Crippen molar-refractivity contribution in [2.45, 2.75) is 217 Å². The fourth-order valence-electron chi connectivity index (χ4n) is 18.9. The summed E-state index contributed by atoms with van der Waals surface area (Å²) < 4.78 is 44.0. The molecule has 0 radical (unpaired) electrons. The van der Waals surface area contributed by atoms with Gasteiger partial charge in [-0.1, -0.05) is 75.4 Å². The monoisotopic (exact) mass is 1820 g/mol. The van der Waals surface area contributed by atoms with Crippen molar-refractivity contribution in [2.75, 3.05) is 121 Å². The van der Waals surface area contributed by atoms with E-state index >= 15 is 0 Å². The van der Waals surface area contributed by atoms with Crippen LogP contribution in [0, 0.1) is 23.7 Å².